The standard InChI is InChI=1S/C22H28N2O3/c1-17-10-12-19(13-11-17)7-6-9-21(25)24(15-18(2)22(26)27-3)16-20-8-4-5-14-23-20/h4-5,8,10-14,18H,6-7,9,15-16H2,1-3H3. The molecule has 5 heteroatoms. The molecule has 1 unspecified atom stereocenters. The summed E-state index contributed by atoms with van der Waals surface area (Å²) in [6.07, 6.45) is 3.77. The van der Waals surface area contributed by atoms with E-state index in [1.54, 1.807) is 18.0 Å². The predicted octanol–water partition coefficient (Wildman–Crippen LogP) is 3.55. The van der Waals surface area contributed by atoms with Gasteiger partial charge in [0.15, 0.2) is 0 Å². The molecule has 0 spiro atoms. The van der Waals surface area contributed by atoms with Crippen LogP contribution in [0.5, 0.6) is 0 Å². The first-order valence-electron chi connectivity index (χ1n) is 9.30. The lowest BCUT2D eigenvalue weighted by Crippen LogP contribution is -2.37. The number of pyridine rings is 1. The topological polar surface area (TPSA) is 59.5 Å². The van der Waals surface area contributed by atoms with Gasteiger partial charge in [0.05, 0.1) is 25.3 Å². The van der Waals surface area contributed by atoms with Gasteiger partial charge in [-0.2, -0.15) is 0 Å². The molecule has 1 aromatic carbocycles. The summed E-state index contributed by atoms with van der Waals surface area (Å²) in [5.74, 6) is -0.656. The highest BCUT2D eigenvalue weighted by Gasteiger charge is 2.21. The molecule has 2 rings (SSSR count). The number of ether oxygens (including phenoxy) is 1. The molecule has 0 aliphatic carbocycles. The summed E-state index contributed by atoms with van der Waals surface area (Å²) in [4.78, 5) is 30.6. The fourth-order valence-electron chi connectivity index (χ4n) is 2.90. The number of nitrogens with zero attached hydrogens (tertiary/aromatic N) is 2. The van der Waals surface area contributed by atoms with E-state index in [0.717, 1.165) is 18.5 Å². The maximum atomic E-state index is 12.8. The van der Waals surface area contributed by atoms with E-state index in [1.807, 2.05) is 18.2 Å². The number of carbonyl (C=O) groups excluding carboxylic acids is 2. The Bertz CT molecular complexity index is 729. The first-order valence-corrected chi connectivity index (χ1v) is 9.30. The zero-order valence-electron chi connectivity index (χ0n) is 16.4. The predicted molar refractivity (Wildman–Crippen MR) is 105 cm³/mol. The quantitative estimate of drug-likeness (QED) is 0.635. The first-order chi connectivity index (χ1) is 13.0. The number of rotatable bonds is 9. The molecular formula is C22H28N2O3. The third-order valence-electron chi connectivity index (χ3n) is 4.51. The molecule has 0 aliphatic rings. The molecule has 0 radical (unpaired) electrons. The second-order valence-electron chi connectivity index (χ2n) is 6.86. The molecular weight excluding hydrogens is 340 g/mol. The van der Waals surface area contributed by atoms with Gasteiger partial charge in [-0.15, -0.1) is 0 Å². The second kappa shape index (κ2) is 10.5. The molecule has 144 valence electrons. The fourth-order valence-corrected chi connectivity index (χ4v) is 2.90. The molecule has 2 aromatic rings. The SMILES string of the molecule is COC(=O)C(C)CN(Cc1ccccn1)C(=O)CCCc1ccc(C)cc1. The Hall–Kier alpha value is -2.69. The summed E-state index contributed by atoms with van der Waals surface area (Å²) in [6.45, 7) is 4.56. The Morgan fingerprint density at radius 1 is 1.15 bits per heavy atom. The van der Waals surface area contributed by atoms with E-state index in [9.17, 15) is 9.59 Å². The molecule has 1 atom stereocenters. The summed E-state index contributed by atoms with van der Waals surface area (Å²) < 4.78 is 4.80. The third kappa shape index (κ3) is 6.85. The lowest BCUT2D eigenvalue weighted by molar-refractivity contribution is -0.146. The molecule has 0 N–H and O–H groups in total. The molecule has 0 saturated carbocycles. The largest absolute Gasteiger partial charge is 0.469 e. The van der Waals surface area contributed by atoms with Crippen molar-refractivity contribution in [1.29, 1.82) is 0 Å². The van der Waals surface area contributed by atoms with Crippen LogP contribution in [0.2, 0.25) is 0 Å². The number of hydrogen-bond donors (Lipinski definition) is 0. The van der Waals surface area contributed by atoms with Gasteiger partial charge < -0.3 is 9.64 Å². The molecule has 1 aromatic heterocycles. The highest BCUT2D eigenvalue weighted by atomic mass is 16.5. The Labute approximate surface area is 161 Å². The van der Waals surface area contributed by atoms with Crippen LogP contribution in [-0.2, 0) is 27.3 Å². The average Bonchev–Trinajstić information content (AvgIpc) is 2.69. The van der Waals surface area contributed by atoms with Gasteiger partial charge in [-0.1, -0.05) is 42.8 Å². The van der Waals surface area contributed by atoms with Crippen molar-refractivity contribution in [3.8, 4) is 0 Å². The molecule has 0 bridgehead atoms. The maximum Gasteiger partial charge on any atom is 0.310 e. The van der Waals surface area contributed by atoms with Crippen molar-refractivity contribution < 1.29 is 14.3 Å². The monoisotopic (exact) mass is 368 g/mol. The molecule has 5 nitrogen and oxygen atoms in total. The number of aryl methyl sites for hydroxylation is 2. The van der Waals surface area contributed by atoms with Gasteiger partial charge in [-0.3, -0.25) is 14.6 Å². The third-order valence-corrected chi connectivity index (χ3v) is 4.51. The highest BCUT2D eigenvalue weighted by molar-refractivity contribution is 5.78. The zero-order valence-corrected chi connectivity index (χ0v) is 16.4. The van der Waals surface area contributed by atoms with Gasteiger partial charge in [0, 0.05) is 19.2 Å². The number of esters is 1. The lowest BCUT2D eigenvalue weighted by Gasteiger charge is -2.25. The molecule has 27 heavy (non-hydrogen) atoms. The maximum absolute atomic E-state index is 12.8. The number of benzene rings is 1. The highest BCUT2D eigenvalue weighted by Crippen LogP contribution is 2.12. The van der Waals surface area contributed by atoms with E-state index in [0.29, 0.717) is 19.5 Å². The fraction of sp³-hybridized carbons (Fsp3) is 0.409. The van der Waals surface area contributed by atoms with Gasteiger partial charge in [0.1, 0.15) is 0 Å². The number of methoxy groups -OCH3 is 1. The van der Waals surface area contributed by atoms with Gasteiger partial charge in [-0.25, -0.2) is 0 Å². The van der Waals surface area contributed by atoms with Crippen LogP contribution in [0, 0.1) is 12.8 Å². The lowest BCUT2D eigenvalue weighted by atomic mass is 10.1. The van der Waals surface area contributed by atoms with Crippen molar-refractivity contribution in [3.05, 3.63) is 65.5 Å². The number of amides is 1. The van der Waals surface area contributed by atoms with Crippen LogP contribution >= 0.6 is 0 Å². The van der Waals surface area contributed by atoms with Crippen molar-refractivity contribution in [1.82, 2.24) is 9.88 Å². The number of carbonyl (C=O) groups is 2. The molecule has 0 saturated heterocycles. The summed E-state index contributed by atoms with van der Waals surface area (Å²) in [5, 5.41) is 0. The van der Waals surface area contributed by atoms with Crippen molar-refractivity contribution in [2.75, 3.05) is 13.7 Å². The van der Waals surface area contributed by atoms with E-state index in [-0.39, 0.29) is 17.8 Å². The summed E-state index contributed by atoms with van der Waals surface area (Å²) in [6, 6.07) is 14.0. The van der Waals surface area contributed by atoms with E-state index in [1.165, 1.54) is 18.2 Å². The van der Waals surface area contributed by atoms with Crippen LogP contribution in [0.3, 0.4) is 0 Å². The Balaban J connectivity index is 1.96. The first kappa shape index (κ1) is 20.6. The molecule has 0 fully saturated rings. The van der Waals surface area contributed by atoms with Crippen molar-refractivity contribution in [2.24, 2.45) is 5.92 Å². The van der Waals surface area contributed by atoms with Crippen molar-refractivity contribution >= 4 is 11.9 Å². The van der Waals surface area contributed by atoms with Gasteiger partial charge in [0.25, 0.3) is 0 Å². The molecule has 1 heterocycles. The van der Waals surface area contributed by atoms with E-state index in [2.05, 4.69) is 36.2 Å². The minimum absolute atomic E-state index is 0.0310. The minimum Gasteiger partial charge on any atom is -0.469 e. The van der Waals surface area contributed by atoms with E-state index in [4.69, 9.17) is 4.74 Å². The van der Waals surface area contributed by atoms with Gasteiger partial charge >= 0.3 is 5.97 Å². The average molecular weight is 368 g/mol. The van der Waals surface area contributed by atoms with Crippen LogP contribution in [0.1, 0.15) is 36.6 Å². The second-order valence-corrected chi connectivity index (χ2v) is 6.86. The van der Waals surface area contributed by atoms with Crippen LogP contribution in [0.25, 0.3) is 0 Å². The Morgan fingerprint density at radius 2 is 1.89 bits per heavy atom. The van der Waals surface area contributed by atoms with E-state index < -0.39 is 0 Å². The Kier molecular flexibility index (Phi) is 7.99. The smallest absolute Gasteiger partial charge is 0.310 e. The summed E-state index contributed by atoms with van der Waals surface area (Å²) in [5.41, 5.74) is 3.27. The normalized spacial score (nSPS) is 11.7. The van der Waals surface area contributed by atoms with Crippen LogP contribution in [0.15, 0.2) is 48.7 Å². The summed E-state index contributed by atoms with van der Waals surface area (Å²) in [7, 11) is 1.37. The van der Waals surface area contributed by atoms with Gasteiger partial charge in [0.2, 0.25) is 5.91 Å². The molecule has 0 aliphatic heterocycles. The molecule has 1 amide bonds. The van der Waals surface area contributed by atoms with Gasteiger partial charge in [-0.05, 0) is 37.5 Å². The number of hydrogen-bond acceptors (Lipinski definition) is 4. The van der Waals surface area contributed by atoms with Crippen LogP contribution in [0.4, 0.5) is 0 Å². The zero-order chi connectivity index (χ0) is 19.6. The van der Waals surface area contributed by atoms with E-state index >= 15 is 0 Å². The van der Waals surface area contributed by atoms with Crippen LogP contribution < -0.4 is 0 Å². The summed E-state index contributed by atoms with van der Waals surface area (Å²) >= 11 is 0. The van der Waals surface area contributed by atoms with Crippen molar-refractivity contribution in [2.45, 2.75) is 39.7 Å². The van der Waals surface area contributed by atoms with Crippen molar-refractivity contribution in [3.63, 3.8) is 0 Å². The number of aromatic nitrogens is 1. The van der Waals surface area contributed by atoms with Crippen LogP contribution in [-0.4, -0.2) is 35.4 Å². The Morgan fingerprint density at radius 3 is 2.52 bits per heavy atom. The minimum atomic E-state index is -0.375.